The summed E-state index contributed by atoms with van der Waals surface area (Å²) in [5, 5.41) is 6.30. The second-order valence-electron chi connectivity index (χ2n) is 4.45. The molecule has 0 rings (SSSR count). The van der Waals surface area contributed by atoms with E-state index in [9.17, 15) is 8.42 Å². The van der Waals surface area contributed by atoms with Crippen molar-refractivity contribution in [1.29, 1.82) is 0 Å². The SMILES string of the molecule is COCCNCCNCC(C)(C)S(C)(=O)=O. The summed E-state index contributed by atoms with van der Waals surface area (Å²) in [6.45, 7) is 6.99. The van der Waals surface area contributed by atoms with Crippen LogP contribution in [0.3, 0.4) is 0 Å². The monoisotopic (exact) mass is 252 g/mol. The zero-order chi connectivity index (χ0) is 12.7. The summed E-state index contributed by atoms with van der Waals surface area (Å²) in [4.78, 5) is 0. The Balaban J connectivity index is 3.59. The van der Waals surface area contributed by atoms with Crippen LogP contribution in [0.4, 0.5) is 0 Å². The fourth-order valence-electron chi connectivity index (χ4n) is 0.997. The molecule has 0 saturated heterocycles. The molecule has 6 heteroatoms. The van der Waals surface area contributed by atoms with Gasteiger partial charge in [0.25, 0.3) is 0 Å². The van der Waals surface area contributed by atoms with Crippen LogP contribution < -0.4 is 10.6 Å². The molecule has 0 aliphatic heterocycles. The van der Waals surface area contributed by atoms with E-state index in [-0.39, 0.29) is 0 Å². The minimum Gasteiger partial charge on any atom is -0.383 e. The maximum Gasteiger partial charge on any atom is 0.153 e. The number of hydrogen-bond acceptors (Lipinski definition) is 5. The van der Waals surface area contributed by atoms with Crippen LogP contribution in [0.5, 0.6) is 0 Å². The number of hydrogen-bond donors (Lipinski definition) is 2. The molecule has 0 unspecified atom stereocenters. The lowest BCUT2D eigenvalue weighted by atomic mass is 10.2. The summed E-state index contributed by atoms with van der Waals surface area (Å²) in [6.07, 6.45) is 1.27. The average molecular weight is 252 g/mol. The summed E-state index contributed by atoms with van der Waals surface area (Å²) in [6, 6.07) is 0. The van der Waals surface area contributed by atoms with Gasteiger partial charge in [0.05, 0.1) is 11.4 Å². The molecule has 5 nitrogen and oxygen atoms in total. The maximum atomic E-state index is 11.4. The van der Waals surface area contributed by atoms with E-state index in [1.165, 1.54) is 6.26 Å². The zero-order valence-corrected chi connectivity index (χ0v) is 11.5. The van der Waals surface area contributed by atoms with Crippen LogP contribution in [0, 0.1) is 0 Å². The van der Waals surface area contributed by atoms with Crippen molar-refractivity contribution in [2.45, 2.75) is 18.6 Å². The van der Waals surface area contributed by atoms with Crippen molar-refractivity contribution in [1.82, 2.24) is 10.6 Å². The van der Waals surface area contributed by atoms with E-state index in [2.05, 4.69) is 10.6 Å². The highest BCUT2D eigenvalue weighted by Crippen LogP contribution is 2.12. The largest absolute Gasteiger partial charge is 0.383 e. The quantitative estimate of drug-likeness (QED) is 0.548. The molecule has 0 aromatic carbocycles. The highest BCUT2D eigenvalue weighted by atomic mass is 32.2. The van der Waals surface area contributed by atoms with E-state index in [4.69, 9.17) is 4.74 Å². The van der Waals surface area contributed by atoms with Gasteiger partial charge in [-0.25, -0.2) is 8.42 Å². The third-order valence-corrected chi connectivity index (χ3v) is 4.67. The van der Waals surface area contributed by atoms with Crippen molar-refractivity contribution in [2.24, 2.45) is 0 Å². The molecule has 98 valence electrons. The molecule has 0 spiro atoms. The molecule has 0 atom stereocenters. The molecule has 0 saturated carbocycles. The van der Waals surface area contributed by atoms with Gasteiger partial charge in [0.1, 0.15) is 0 Å². The first-order chi connectivity index (χ1) is 7.31. The second-order valence-corrected chi connectivity index (χ2v) is 7.10. The molecule has 0 aromatic heterocycles. The fourth-order valence-corrected chi connectivity index (χ4v) is 1.36. The first-order valence-corrected chi connectivity index (χ1v) is 7.30. The van der Waals surface area contributed by atoms with Crippen LogP contribution in [0.15, 0.2) is 0 Å². The van der Waals surface area contributed by atoms with Crippen molar-refractivity contribution in [3.8, 4) is 0 Å². The minimum atomic E-state index is -3.01. The van der Waals surface area contributed by atoms with Crippen LogP contribution in [0.25, 0.3) is 0 Å². The first kappa shape index (κ1) is 15.8. The predicted molar refractivity (Wildman–Crippen MR) is 66.5 cm³/mol. The number of sulfone groups is 1. The summed E-state index contributed by atoms with van der Waals surface area (Å²) < 4.78 is 26.9. The Hall–Kier alpha value is -0.170. The molecule has 0 radical (unpaired) electrons. The van der Waals surface area contributed by atoms with Gasteiger partial charge in [-0.05, 0) is 13.8 Å². The molecule has 16 heavy (non-hydrogen) atoms. The standard InChI is InChI=1S/C10H24N2O3S/c1-10(2,16(4,13)14)9-12-6-5-11-7-8-15-3/h11-12H,5-9H2,1-4H3. The third-order valence-electron chi connectivity index (χ3n) is 2.52. The molecular formula is C10H24N2O3S. The number of ether oxygens (including phenoxy) is 1. The topological polar surface area (TPSA) is 67.4 Å². The summed E-state index contributed by atoms with van der Waals surface area (Å²) in [7, 11) is -1.35. The zero-order valence-electron chi connectivity index (χ0n) is 10.7. The summed E-state index contributed by atoms with van der Waals surface area (Å²) in [5.74, 6) is 0. The lowest BCUT2D eigenvalue weighted by Gasteiger charge is -2.22. The van der Waals surface area contributed by atoms with Gasteiger partial charge >= 0.3 is 0 Å². The van der Waals surface area contributed by atoms with Gasteiger partial charge in [-0.3, -0.25) is 0 Å². The first-order valence-electron chi connectivity index (χ1n) is 5.41. The van der Waals surface area contributed by atoms with E-state index in [1.54, 1.807) is 21.0 Å². The Morgan fingerprint density at radius 2 is 1.69 bits per heavy atom. The predicted octanol–water partition coefficient (Wildman–Crippen LogP) is -0.365. The Labute approximate surface area is 98.9 Å². The van der Waals surface area contributed by atoms with E-state index in [1.807, 2.05) is 0 Å². The molecule has 0 bridgehead atoms. The lowest BCUT2D eigenvalue weighted by molar-refractivity contribution is 0.199. The molecule has 0 amide bonds. The normalized spacial score (nSPS) is 13.0. The van der Waals surface area contributed by atoms with Crippen molar-refractivity contribution < 1.29 is 13.2 Å². The van der Waals surface area contributed by atoms with Gasteiger partial charge in [-0.2, -0.15) is 0 Å². The highest BCUT2D eigenvalue weighted by molar-refractivity contribution is 7.92. The van der Waals surface area contributed by atoms with Gasteiger partial charge < -0.3 is 15.4 Å². The second kappa shape index (κ2) is 7.21. The molecule has 0 aliphatic rings. The van der Waals surface area contributed by atoms with E-state index in [0.29, 0.717) is 13.2 Å². The van der Waals surface area contributed by atoms with Gasteiger partial charge in [-0.1, -0.05) is 0 Å². The number of rotatable bonds is 9. The number of nitrogens with one attached hydrogen (secondary N) is 2. The number of methoxy groups -OCH3 is 1. The minimum absolute atomic E-state index is 0.470. The Morgan fingerprint density at radius 3 is 2.19 bits per heavy atom. The molecule has 0 aromatic rings. The van der Waals surface area contributed by atoms with Crippen LogP contribution >= 0.6 is 0 Å². The summed E-state index contributed by atoms with van der Waals surface area (Å²) in [5.41, 5.74) is 0. The summed E-state index contributed by atoms with van der Waals surface area (Å²) >= 11 is 0. The van der Waals surface area contributed by atoms with Gasteiger partial charge in [-0.15, -0.1) is 0 Å². The average Bonchev–Trinajstić information content (AvgIpc) is 2.14. The molecule has 0 fully saturated rings. The molecule has 0 aliphatic carbocycles. The Kier molecular flexibility index (Phi) is 7.14. The Morgan fingerprint density at radius 1 is 1.12 bits per heavy atom. The van der Waals surface area contributed by atoms with Gasteiger partial charge in [0.2, 0.25) is 0 Å². The maximum absolute atomic E-state index is 11.4. The van der Waals surface area contributed by atoms with Gasteiger partial charge in [0.15, 0.2) is 9.84 Å². The molecule has 0 heterocycles. The van der Waals surface area contributed by atoms with Crippen molar-refractivity contribution >= 4 is 9.84 Å². The Bertz CT molecular complexity index is 276. The van der Waals surface area contributed by atoms with Crippen LogP contribution in [0.1, 0.15) is 13.8 Å². The van der Waals surface area contributed by atoms with Crippen LogP contribution in [-0.2, 0) is 14.6 Å². The van der Waals surface area contributed by atoms with Crippen LogP contribution in [-0.4, -0.2) is 59.3 Å². The van der Waals surface area contributed by atoms with E-state index in [0.717, 1.165) is 19.6 Å². The van der Waals surface area contributed by atoms with Crippen molar-refractivity contribution in [3.05, 3.63) is 0 Å². The van der Waals surface area contributed by atoms with Crippen molar-refractivity contribution in [3.63, 3.8) is 0 Å². The molecular weight excluding hydrogens is 228 g/mol. The lowest BCUT2D eigenvalue weighted by Crippen LogP contribution is -2.43. The third kappa shape index (κ3) is 6.42. The van der Waals surface area contributed by atoms with Gasteiger partial charge in [0, 0.05) is 39.5 Å². The van der Waals surface area contributed by atoms with E-state index >= 15 is 0 Å². The highest BCUT2D eigenvalue weighted by Gasteiger charge is 2.29. The van der Waals surface area contributed by atoms with Crippen molar-refractivity contribution in [2.75, 3.05) is 46.2 Å². The molecule has 2 N–H and O–H groups in total. The smallest absolute Gasteiger partial charge is 0.153 e. The van der Waals surface area contributed by atoms with E-state index < -0.39 is 14.6 Å². The fraction of sp³-hybridized carbons (Fsp3) is 1.00. The van der Waals surface area contributed by atoms with Crippen LogP contribution in [0.2, 0.25) is 0 Å².